The Labute approximate surface area is 136 Å². The third-order valence-electron chi connectivity index (χ3n) is 3.07. The van der Waals surface area contributed by atoms with E-state index in [2.05, 4.69) is 5.32 Å². The normalized spacial score (nSPS) is 11.4. The molecule has 2 aromatic carbocycles. The maximum absolute atomic E-state index is 13.5. The van der Waals surface area contributed by atoms with Crippen molar-refractivity contribution in [3.8, 4) is 0 Å². The average Bonchev–Trinajstić information content (AvgIpc) is 2.55. The summed E-state index contributed by atoms with van der Waals surface area (Å²) in [5.41, 5.74) is -0.292. The molecule has 124 valence electrons. The van der Waals surface area contributed by atoms with E-state index in [0.29, 0.717) is 0 Å². The van der Waals surface area contributed by atoms with E-state index in [1.165, 1.54) is 49.4 Å². The number of hydrogen-bond donors (Lipinski definition) is 1. The van der Waals surface area contributed by atoms with Crippen molar-refractivity contribution in [1.29, 1.82) is 0 Å². The Balaban J connectivity index is 2.02. The van der Waals surface area contributed by atoms with E-state index in [1.54, 1.807) is 0 Å². The Morgan fingerprint density at radius 3 is 2.58 bits per heavy atom. The monoisotopic (exact) mass is 332 g/mol. The quantitative estimate of drug-likeness (QED) is 0.515. The van der Waals surface area contributed by atoms with Gasteiger partial charge in [0.2, 0.25) is 0 Å². The highest BCUT2D eigenvalue weighted by atomic mass is 19.1. The molecule has 2 rings (SSSR count). The van der Waals surface area contributed by atoms with Crippen LogP contribution in [0.15, 0.2) is 48.5 Å². The zero-order valence-electron chi connectivity index (χ0n) is 12.6. The smallest absolute Gasteiger partial charge is 0.341 e. The van der Waals surface area contributed by atoms with Crippen molar-refractivity contribution < 1.29 is 23.6 Å². The number of nitrogens with one attached hydrogen (secondary N) is 1. The van der Waals surface area contributed by atoms with Gasteiger partial charge in [0.25, 0.3) is 11.6 Å². The Morgan fingerprint density at radius 1 is 1.21 bits per heavy atom. The number of esters is 1. The molecule has 24 heavy (non-hydrogen) atoms. The van der Waals surface area contributed by atoms with Crippen molar-refractivity contribution >= 4 is 23.3 Å². The van der Waals surface area contributed by atoms with Gasteiger partial charge in [-0.3, -0.25) is 14.9 Å². The number of nitro benzene ring substituents is 1. The summed E-state index contributed by atoms with van der Waals surface area (Å²) in [7, 11) is 0. The van der Waals surface area contributed by atoms with Crippen molar-refractivity contribution in [2.45, 2.75) is 13.0 Å². The van der Waals surface area contributed by atoms with Gasteiger partial charge in [-0.2, -0.15) is 0 Å². The summed E-state index contributed by atoms with van der Waals surface area (Å²) < 4.78 is 18.4. The molecular formula is C16H13FN2O5. The highest BCUT2D eigenvalue weighted by Crippen LogP contribution is 2.17. The summed E-state index contributed by atoms with van der Waals surface area (Å²) in [6.45, 7) is 1.31. The van der Waals surface area contributed by atoms with Gasteiger partial charge in [-0.25, -0.2) is 9.18 Å². The van der Waals surface area contributed by atoms with Crippen molar-refractivity contribution in [3.05, 3.63) is 70.0 Å². The van der Waals surface area contributed by atoms with Gasteiger partial charge in [0, 0.05) is 17.8 Å². The van der Waals surface area contributed by atoms with Crippen molar-refractivity contribution in [3.63, 3.8) is 0 Å². The summed E-state index contributed by atoms with van der Waals surface area (Å²) in [6.07, 6.45) is -1.21. The first-order valence-electron chi connectivity index (χ1n) is 6.89. The number of anilines is 1. The first kappa shape index (κ1) is 17.1. The summed E-state index contributed by atoms with van der Waals surface area (Å²) in [5.74, 6) is -2.43. The Bertz CT molecular complexity index is 794. The Morgan fingerprint density at radius 2 is 1.92 bits per heavy atom. The van der Waals surface area contributed by atoms with Crippen LogP contribution in [0.2, 0.25) is 0 Å². The second-order valence-electron chi connectivity index (χ2n) is 4.82. The number of halogens is 1. The highest BCUT2D eigenvalue weighted by molar-refractivity contribution is 5.97. The van der Waals surface area contributed by atoms with Gasteiger partial charge in [0.1, 0.15) is 5.82 Å². The number of ether oxygens (including phenoxy) is 1. The highest BCUT2D eigenvalue weighted by Gasteiger charge is 2.21. The number of amides is 1. The molecule has 0 aliphatic heterocycles. The third kappa shape index (κ3) is 4.13. The average molecular weight is 332 g/mol. The van der Waals surface area contributed by atoms with Crippen LogP contribution in [-0.2, 0) is 9.53 Å². The second kappa shape index (κ2) is 7.32. The fourth-order valence-corrected chi connectivity index (χ4v) is 1.85. The van der Waals surface area contributed by atoms with Crippen LogP contribution in [0.3, 0.4) is 0 Å². The summed E-state index contributed by atoms with van der Waals surface area (Å²) >= 11 is 0. The lowest BCUT2D eigenvalue weighted by Gasteiger charge is -2.13. The SMILES string of the molecule is C[C@H](OC(=O)c1ccccc1F)C(=O)Nc1cccc([N+](=O)[O-])c1. The standard InChI is InChI=1S/C16H13FN2O5/c1-10(24-16(21)13-7-2-3-8-14(13)17)15(20)18-11-5-4-6-12(9-11)19(22)23/h2-10H,1H3,(H,18,20)/t10-/m0/s1. The molecule has 1 atom stereocenters. The van der Waals surface area contributed by atoms with E-state index in [-0.39, 0.29) is 16.9 Å². The molecule has 0 heterocycles. The lowest BCUT2D eigenvalue weighted by molar-refractivity contribution is -0.384. The van der Waals surface area contributed by atoms with E-state index in [4.69, 9.17) is 4.74 Å². The van der Waals surface area contributed by atoms with Gasteiger partial charge >= 0.3 is 5.97 Å². The van der Waals surface area contributed by atoms with E-state index < -0.39 is 28.7 Å². The molecule has 1 amide bonds. The minimum atomic E-state index is -1.21. The van der Waals surface area contributed by atoms with Gasteiger partial charge in [-0.15, -0.1) is 0 Å². The van der Waals surface area contributed by atoms with E-state index in [1.807, 2.05) is 0 Å². The molecule has 0 aliphatic rings. The summed E-state index contributed by atoms with van der Waals surface area (Å²) in [6, 6.07) is 10.5. The molecule has 0 saturated heterocycles. The number of benzene rings is 2. The molecule has 0 radical (unpaired) electrons. The molecule has 0 saturated carbocycles. The van der Waals surface area contributed by atoms with Crippen LogP contribution in [-0.4, -0.2) is 22.9 Å². The number of nitrogens with zero attached hydrogens (tertiary/aromatic N) is 1. The summed E-state index contributed by atoms with van der Waals surface area (Å²) in [5, 5.41) is 13.1. The predicted octanol–water partition coefficient (Wildman–Crippen LogP) is 2.92. The Hall–Kier alpha value is -3.29. The molecule has 0 aromatic heterocycles. The molecule has 0 unspecified atom stereocenters. The van der Waals surface area contributed by atoms with E-state index in [0.717, 1.165) is 6.07 Å². The third-order valence-corrected chi connectivity index (χ3v) is 3.07. The second-order valence-corrected chi connectivity index (χ2v) is 4.82. The maximum Gasteiger partial charge on any atom is 0.341 e. The minimum Gasteiger partial charge on any atom is -0.449 e. The van der Waals surface area contributed by atoms with E-state index in [9.17, 15) is 24.1 Å². The van der Waals surface area contributed by atoms with Crippen LogP contribution in [0, 0.1) is 15.9 Å². The summed E-state index contributed by atoms with van der Waals surface area (Å²) in [4.78, 5) is 33.9. The van der Waals surface area contributed by atoms with Gasteiger partial charge < -0.3 is 10.1 Å². The molecule has 8 heteroatoms. The maximum atomic E-state index is 13.5. The van der Waals surface area contributed by atoms with Crippen LogP contribution >= 0.6 is 0 Å². The number of nitro groups is 1. The number of non-ortho nitro benzene ring substituents is 1. The molecule has 7 nitrogen and oxygen atoms in total. The van der Waals surface area contributed by atoms with Gasteiger partial charge in [0.05, 0.1) is 10.5 Å². The lowest BCUT2D eigenvalue weighted by atomic mass is 10.2. The number of rotatable bonds is 5. The van der Waals surface area contributed by atoms with Crippen LogP contribution in [0.4, 0.5) is 15.8 Å². The molecule has 2 aromatic rings. The van der Waals surface area contributed by atoms with Crippen molar-refractivity contribution in [2.75, 3.05) is 5.32 Å². The minimum absolute atomic E-state index is 0.183. The molecule has 1 N–H and O–H groups in total. The molecule has 0 aliphatic carbocycles. The van der Waals surface area contributed by atoms with Crippen molar-refractivity contribution in [1.82, 2.24) is 0 Å². The molecule has 0 bridgehead atoms. The lowest BCUT2D eigenvalue weighted by Crippen LogP contribution is -2.30. The topological polar surface area (TPSA) is 98.5 Å². The van der Waals surface area contributed by atoms with E-state index >= 15 is 0 Å². The van der Waals surface area contributed by atoms with Gasteiger partial charge in [-0.05, 0) is 25.1 Å². The number of carbonyl (C=O) groups is 2. The number of hydrogen-bond acceptors (Lipinski definition) is 5. The van der Waals surface area contributed by atoms with Crippen LogP contribution in [0.1, 0.15) is 17.3 Å². The molecule has 0 spiro atoms. The van der Waals surface area contributed by atoms with Gasteiger partial charge in [-0.1, -0.05) is 18.2 Å². The van der Waals surface area contributed by atoms with Crippen LogP contribution in [0.5, 0.6) is 0 Å². The fraction of sp³-hybridized carbons (Fsp3) is 0.125. The van der Waals surface area contributed by atoms with Gasteiger partial charge in [0.15, 0.2) is 6.10 Å². The Kier molecular flexibility index (Phi) is 5.20. The zero-order chi connectivity index (χ0) is 17.7. The van der Waals surface area contributed by atoms with Crippen LogP contribution in [0.25, 0.3) is 0 Å². The first-order chi connectivity index (χ1) is 11.4. The zero-order valence-corrected chi connectivity index (χ0v) is 12.6. The molecular weight excluding hydrogens is 319 g/mol. The largest absolute Gasteiger partial charge is 0.449 e. The predicted molar refractivity (Wildman–Crippen MR) is 83.0 cm³/mol. The molecule has 0 fully saturated rings. The number of carbonyl (C=O) groups excluding carboxylic acids is 2. The van der Waals surface area contributed by atoms with Crippen LogP contribution < -0.4 is 5.32 Å². The first-order valence-corrected chi connectivity index (χ1v) is 6.89. The van der Waals surface area contributed by atoms with Crippen molar-refractivity contribution in [2.24, 2.45) is 0 Å². The fourth-order valence-electron chi connectivity index (χ4n) is 1.85.